The van der Waals surface area contributed by atoms with Crippen molar-refractivity contribution in [3.05, 3.63) is 24.3 Å². The Morgan fingerprint density at radius 1 is 0.483 bits per heavy atom. The van der Waals surface area contributed by atoms with Crippen molar-refractivity contribution in [1.82, 2.24) is 4.90 Å². The number of carbonyl (C=O) groups is 3. The van der Waals surface area contributed by atoms with Crippen LogP contribution in [0.3, 0.4) is 0 Å². The van der Waals surface area contributed by atoms with E-state index in [0.29, 0.717) is 45.3 Å². The number of ether oxygens (including phenoxy) is 5. The highest BCUT2D eigenvalue weighted by molar-refractivity contribution is 5.78. The second-order valence-corrected chi connectivity index (χ2v) is 16.6. The monoisotopic (exact) mass is 850 g/mol. The van der Waals surface area contributed by atoms with Crippen LogP contribution < -0.4 is 0 Å². The molecule has 60 heavy (non-hydrogen) atoms. The van der Waals surface area contributed by atoms with Gasteiger partial charge in [0.2, 0.25) is 0 Å². The van der Waals surface area contributed by atoms with E-state index >= 15 is 0 Å². The molecule has 0 aromatic rings. The minimum atomic E-state index is -0.727. The van der Waals surface area contributed by atoms with E-state index in [4.69, 9.17) is 23.7 Å². The molecular weight excluding hydrogens is 755 g/mol. The number of hydrogen-bond acceptors (Lipinski definition) is 9. The molecule has 0 aliphatic rings. The minimum Gasteiger partial charge on any atom is -0.465 e. The summed E-state index contributed by atoms with van der Waals surface area (Å²) in [4.78, 5) is 40.6. The summed E-state index contributed by atoms with van der Waals surface area (Å²) in [5.41, 5.74) is 0. The van der Waals surface area contributed by atoms with Gasteiger partial charge in [0, 0.05) is 51.4 Å². The van der Waals surface area contributed by atoms with Gasteiger partial charge < -0.3 is 28.6 Å². The van der Waals surface area contributed by atoms with Crippen LogP contribution in [0.5, 0.6) is 0 Å². The molecule has 0 N–H and O–H groups in total. The van der Waals surface area contributed by atoms with Crippen LogP contribution in [-0.4, -0.2) is 81.8 Å². The van der Waals surface area contributed by atoms with Gasteiger partial charge in [-0.15, -0.1) is 0 Å². The van der Waals surface area contributed by atoms with Crippen molar-refractivity contribution in [3.8, 4) is 0 Å². The van der Waals surface area contributed by atoms with E-state index in [9.17, 15) is 14.4 Å². The van der Waals surface area contributed by atoms with Gasteiger partial charge in [0.05, 0.1) is 13.2 Å². The number of esters is 1. The molecule has 0 aliphatic carbocycles. The van der Waals surface area contributed by atoms with E-state index in [1.165, 1.54) is 83.5 Å². The highest BCUT2D eigenvalue weighted by Crippen LogP contribution is 2.16. The van der Waals surface area contributed by atoms with E-state index in [2.05, 4.69) is 63.8 Å². The van der Waals surface area contributed by atoms with Crippen molar-refractivity contribution in [2.24, 2.45) is 5.92 Å². The molecule has 9 nitrogen and oxygen atoms in total. The number of Topliss-reactive ketones (excluding diaryl/α,β-unsaturated/α-hetero) is 1. The van der Waals surface area contributed by atoms with Crippen LogP contribution in [0.4, 0.5) is 4.79 Å². The van der Waals surface area contributed by atoms with E-state index in [0.717, 1.165) is 90.3 Å². The van der Waals surface area contributed by atoms with E-state index < -0.39 is 6.16 Å². The van der Waals surface area contributed by atoms with Gasteiger partial charge in [-0.25, -0.2) is 4.79 Å². The zero-order valence-corrected chi connectivity index (χ0v) is 39.8. The lowest BCUT2D eigenvalue weighted by atomic mass is 10.0. The Kier molecular flexibility index (Phi) is 44.6. The van der Waals surface area contributed by atoms with Gasteiger partial charge in [-0.2, -0.15) is 0 Å². The Bertz CT molecular complexity index is 995. The summed E-state index contributed by atoms with van der Waals surface area (Å²) in [5.74, 6) is -0.440. The molecule has 0 saturated carbocycles. The number of rotatable bonds is 46. The zero-order chi connectivity index (χ0) is 44.0. The normalized spacial score (nSPS) is 12.3. The third-order valence-electron chi connectivity index (χ3n) is 11.1. The summed E-state index contributed by atoms with van der Waals surface area (Å²) in [6.45, 7) is 15.4. The quantitative estimate of drug-likeness (QED) is 0.0256. The Hall–Kier alpha value is -2.23. The molecule has 0 fully saturated rings. The average Bonchev–Trinajstić information content (AvgIpc) is 3.25. The molecule has 9 heteroatoms. The third-order valence-corrected chi connectivity index (χ3v) is 11.1. The Labute approximate surface area is 369 Å². The van der Waals surface area contributed by atoms with Crippen molar-refractivity contribution < 1.29 is 38.1 Å². The van der Waals surface area contributed by atoms with E-state index in [-0.39, 0.29) is 43.8 Å². The lowest BCUT2D eigenvalue weighted by molar-refractivity contribution is -0.151. The highest BCUT2D eigenvalue weighted by Gasteiger charge is 2.19. The van der Waals surface area contributed by atoms with Crippen LogP contribution in [0.15, 0.2) is 24.3 Å². The van der Waals surface area contributed by atoms with Crippen LogP contribution in [0.1, 0.15) is 221 Å². The first-order valence-electron chi connectivity index (χ1n) is 25.1. The van der Waals surface area contributed by atoms with Crippen LogP contribution in [-0.2, 0) is 33.3 Å². The standard InChI is InChI=1S/C51H95NO8/c1-6-11-14-17-20-21-22-23-24-25-26-27-28-29-32-36-49(54)59-45-47(46-60-51(55)58-44-35-41-52(9-4)10-5)37-38-48(53)39-40-50(56-42-33-30-18-15-12-7-2)57-43-34-31-19-16-13-8-3/h20-21,23-24,47,50H,6-19,22,25-46H2,1-5H3/b21-20-,24-23-. The summed E-state index contributed by atoms with van der Waals surface area (Å²) in [7, 11) is 0. The maximum atomic E-state index is 13.2. The van der Waals surface area contributed by atoms with Crippen LogP contribution in [0.2, 0.25) is 0 Å². The molecule has 0 aromatic carbocycles. The number of hydrogen-bond donors (Lipinski definition) is 0. The Morgan fingerprint density at radius 3 is 1.58 bits per heavy atom. The van der Waals surface area contributed by atoms with E-state index in [1.54, 1.807) is 0 Å². The van der Waals surface area contributed by atoms with Crippen LogP contribution >= 0.6 is 0 Å². The number of allylic oxidation sites excluding steroid dienone is 4. The third kappa shape index (κ3) is 41.1. The fourth-order valence-electron chi connectivity index (χ4n) is 6.97. The first kappa shape index (κ1) is 57.8. The lowest BCUT2D eigenvalue weighted by Crippen LogP contribution is -2.26. The first-order valence-corrected chi connectivity index (χ1v) is 25.1. The first-order chi connectivity index (χ1) is 29.4. The lowest BCUT2D eigenvalue weighted by Gasteiger charge is -2.20. The van der Waals surface area contributed by atoms with E-state index in [1.807, 2.05) is 0 Å². The van der Waals surface area contributed by atoms with Crippen molar-refractivity contribution in [2.75, 3.05) is 52.7 Å². The summed E-state index contributed by atoms with van der Waals surface area (Å²) in [6, 6.07) is 0. The fourth-order valence-corrected chi connectivity index (χ4v) is 6.97. The number of ketones is 1. The molecule has 0 radical (unpaired) electrons. The van der Waals surface area contributed by atoms with Crippen molar-refractivity contribution >= 4 is 17.9 Å². The smallest absolute Gasteiger partial charge is 0.465 e. The molecule has 352 valence electrons. The topological polar surface area (TPSA) is 101 Å². The average molecular weight is 850 g/mol. The predicted octanol–water partition coefficient (Wildman–Crippen LogP) is 14.1. The van der Waals surface area contributed by atoms with Crippen molar-refractivity contribution in [2.45, 2.75) is 227 Å². The van der Waals surface area contributed by atoms with Gasteiger partial charge >= 0.3 is 12.1 Å². The Balaban J connectivity index is 4.84. The molecule has 0 amide bonds. The molecule has 0 aromatic heterocycles. The zero-order valence-electron chi connectivity index (χ0n) is 39.8. The number of nitrogens with zero attached hydrogens (tertiary/aromatic N) is 1. The van der Waals surface area contributed by atoms with Crippen molar-refractivity contribution in [3.63, 3.8) is 0 Å². The molecule has 0 spiro atoms. The summed E-state index contributed by atoms with van der Waals surface area (Å²) in [6.07, 6.45) is 37.4. The molecule has 0 heterocycles. The fraction of sp³-hybridized carbons (Fsp3) is 0.863. The van der Waals surface area contributed by atoms with Gasteiger partial charge in [-0.1, -0.05) is 155 Å². The van der Waals surface area contributed by atoms with Crippen LogP contribution in [0, 0.1) is 5.92 Å². The Morgan fingerprint density at radius 2 is 0.983 bits per heavy atom. The largest absolute Gasteiger partial charge is 0.508 e. The molecule has 1 unspecified atom stereocenters. The molecule has 0 rings (SSSR count). The highest BCUT2D eigenvalue weighted by atomic mass is 16.7. The van der Waals surface area contributed by atoms with Crippen molar-refractivity contribution in [1.29, 1.82) is 0 Å². The molecule has 0 aliphatic heterocycles. The predicted molar refractivity (Wildman–Crippen MR) is 249 cm³/mol. The molecule has 0 bridgehead atoms. The van der Waals surface area contributed by atoms with Gasteiger partial charge in [-0.05, 0) is 77.3 Å². The summed E-state index contributed by atoms with van der Waals surface area (Å²) >= 11 is 0. The SMILES string of the molecule is CCCCC/C=C\C/C=C\CCCCCCCC(=O)OCC(CCC(=O)CCC(OCCCCCCCC)OCCCCCCCC)COC(=O)OCCCN(CC)CC. The number of unbranched alkanes of at least 4 members (excludes halogenated alkanes) is 18. The van der Waals surface area contributed by atoms with Gasteiger partial charge in [-0.3, -0.25) is 9.59 Å². The minimum absolute atomic E-state index is 0.0322. The second kappa shape index (κ2) is 46.3. The van der Waals surface area contributed by atoms with Gasteiger partial charge in [0.1, 0.15) is 12.4 Å². The maximum absolute atomic E-state index is 13.2. The molecular formula is C51H95NO8. The maximum Gasteiger partial charge on any atom is 0.508 e. The second-order valence-electron chi connectivity index (χ2n) is 16.6. The van der Waals surface area contributed by atoms with Gasteiger partial charge in [0.15, 0.2) is 6.29 Å². The van der Waals surface area contributed by atoms with Gasteiger partial charge in [0.25, 0.3) is 0 Å². The number of carbonyl (C=O) groups excluding carboxylic acids is 3. The summed E-state index contributed by atoms with van der Waals surface area (Å²) in [5, 5.41) is 0. The molecule has 0 saturated heterocycles. The summed E-state index contributed by atoms with van der Waals surface area (Å²) < 4.78 is 28.7. The molecule has 1 atom stereocenters. The van der Waals surface area contributed by atoms with Crippen LogP contribution in [0.25, 0.3) is 0 Å².